The molecule has 20 heavy (non-hydrogen) atoms. The molecule has 0 aliphatic rings. The lowest BCUT2D eigenvalue weighted by Crippen LogP contribution is -2.18. The Kier molecular flexibility index (Phi) is 4.80. The molecule has 2 nitrogen and oxygen atoms in total. The fourth-order valence-corrected chi connectivity index (χ4v) is 2.25. The third-order valence-corrected chi connectivity index (χ3v) is 3.60. The van der Waals surface area contributed by atoms with Gasteiger partial charge in [0.25, 0.3) is 0 Å². The Morgan fingerprint density at radius 3 is 2.50 bits per heavy atom. The molecule has 0 bridgehead atoms. The minimum atomic E-state index is 0.280. The molecule has 2 aromatic rings. The Bertz CT molecular complexity index is 577. The van der Waals surface area contributed by atoms with Crippen molar-refractivity contribution in [1.82, 2.24) is 5.32 Å². The molecule has 0 aromatic heterocycles. The topological polar surface area (TPSA) is 21.3 Å². The molecular weight excluding hydrogens is 246 g/mol. The Morgan fingerprint density at radius 2 is 1.80 bits per heavy atom. The van der Waals surface area contributed by atoms with Gasteiger partial charge in [0.15, 0.2) is 0 Å². The molecule has 2 heteroatoms. The lowest BCUT2D eigenvalue weighted by Gasteiger charge is -2.17. The molecule has 0 amide bonds. The molecule has 2 rings (SSSR count). The maximum absolute atomic E-state index is 6.07. The van der Waals surface area contributed by atoms with Gasteiger partial charge < -0.3 is 10.1 Å². The first-order valence-corrected chi connectivity index (χ1v) is 7.19. The lowest BCUT2D eigenvalue weighted by atomic mass is 10.1. The first-order chi connectivity index (χ1) is 9.61. The highest BCUT2D eigenvalue weighted by atomic mass is 16.5. The number of hydrogen-bond donors (Lipinski definition) is 1. The van der Waals surface area contributed by atoms with Gasteiger partial charge in [0.05, 0.1) is 0 Å². The van der Waals surface area contributed by atoms with Gasteiger partial charge in [-0.05, 0) is 56.6 Å². The van der Waals surface area contributed by atoms with E-state index in [1.54, 1.807) is 0 Å². The third-order valence-electron chi connectivity index (χ3n) is 3.60. The molecule has 0 aliphatic heterocycles. The van der Waals surface area contributed by atoms with Gasteiger partial charge in [-0.3, -0.25) is 0 Å². The highest BCUT2D eigenvalue weighted by Crippen LogP contribution is 2.30. The second-order valence-corrected chi connectivity index (χ2v) is 5.17. The second-order valence-electron chi connectivity index (χ2n) is 5.17. The second kappa shape index (κ2) is 6.58. The molecular formula is C18H23NO. The first-order valence-electron chi connectivity index (χ1n) is 7.19. The standard InChI is InChI=1S/C18H23NO/c1-5-19-15(4)17-8-6-7-9-18(17)20-16-11-10-13(2)14(3)12-16/h6-12,15,19H,5H2,1-4H3. The van der Waals surface area contributed by atoms with Gasteiger partial charge >= 0.3 is 0 Å². The largest absolute Gasteiger partial charge is 0.457 e. The van der Waals surface area contributed by atoms with Crippen molar-refractivity contribution in [1.29, 1.82) is 0 Å². The molecule has 1 unspecified atom stereocenters. The zero-order valence-electron chi connectivity index (χ0n) is 12.7. The summed E-state index contributed by atoms with van der Waals surface area (Å²) < 4.78 is 6.07. The van der Waals surface area contributed by atoms with Gasteiger partial charge in [0.2, 0.25) is 0 Å². The van der Waals surface area contributed by atoms with Gasteiger partial charge in [-0.15, -0.1) is 0 Å². The summed E-state index contributed by atoms with van der Waals surface area (Å²) in [4.78, 5) is 0. The molecule has 0 radical (unpaired) electrons. The van der Waals surface area contributed by atoms with Crippen LogP contribution in [0.25, 0.3) is 0 Å². The average Bonchev–Trinajstić information content (AvgIpc) is 2.44. The van der Waals surface area contributed by atoms with E-state index in [2.05, 4.69) is 57.3 Å². The lowest BCUT2D eigenvalue weighted by molar-refractivity contribution is 0.462. The van der Waals surface area contributed by atoms with Crippen molar-refractivity contribution in [2.75, 3.05) is 6.54 Å². The predicted octanol–water partition coefficient (Wildman–Crippen LogP) is 4.77. The van der Waals surface area contributed by atoms with E-state index in [1.165, 1.54) is 16.7 Å². The minimum Gasteiger partial charge on any atom is -0.457 e. The predicted molar refractivity (Wildman–Crippen MR) is 84.5 cm³/mol. The molecule has 0 fully saturated rings. The van der Waals surface area contributed by atoms with E-state index in [4.69, 9.17) is 4.74 Å². The third kappa shape index (κ3) is 3.40. The van der Waals surface area contributed by atoms with Crippen molar-refractivity contribution in [3.63, 3.8) is 0 Å². The first kappa shape index (κ1) is 14.6. The summed E-state index contributed by atoms with van der Waals surface area (Å²) in [6.45, 7) is 9.43. The maximum atomic E-state index is 6.07. The summed E-state index contributed by atoms with van der Waals surface area (Å²) in [5.74, 6) is 1.81. The fourth-order valence-electron chi connectivity index (χ4n) is 2.25. The van der Waals surface area contributed by atoms with Crippen LogP contribution in [0.1, 0.15) is 36.6 Å². The molecule has 0 saturated carbocycles. The monoisotopic (exact) mass is 269 g/mol. The van der Waals surface area contributed by atoms with Crippen LogP contribution in [-0.4, -0.2) is 6.54 Å². The Hall–Kier alpha value is -1.80. The van der Waals surface area contributed by atoms with Crippen molar-refractivity contribution in [2.24, 2.45) is 0 Å². The molecule has 0 aliphatic carbocycles. The SMILES string of the molecule is CCNC(C)c1ccccc1Oc1ccc(C)c(C)c1. The summed E-state index contributed by atoms with van der Waals surface area (Å²) in [5, 5.41) is 3.43. The quantitative estimate of drug-likeness (QED) is 0.844. The number of aryl methyl sites for hydroxylation is 2. The zero-order valence-corrected chi connectivity index (χ0v) is 12.7. The van der Waals surface area contributed by atoms with Gasteiger partial charge in [-0.1, -0.05) is 31.2 Å². The smallest absolute Gasteiger partial charge is 0.132 e. The van der Waals surface area contributed by atoms with Crippen LogP contribution in [-0.2, 0) is 0 Å². The summed E-state index contributed by atoms with van der Waals surface area (Å²) in [7, 11) is 0. The number of rotatable bonds is 5. The summed E-state index contributed by atoms with van der Waals surface area (Å²) in [5.41, 5.74) is 3.72. The van der Waals surface area contributed by atoms with Gasteiger partial charge in [0.1, 0.15) is 11.5 Å². The number of benzene rings is 2. The van der Waals surface area contributed by atoms with E-state index in [9.17, 15) is 0 Å². The van der Waals surface area contributed by atoms with Crippen LogP contribution in [0.15, 0.2) is 42.5 Å². The molecule has 0 saturated heterocycles. The zero-order chi connectivity index (χ0) is 14.5. The molecule has 2 aromatic carbocycles. The van der Waals surface area contributed by atoms with Crippen LogP contribution in [0.4, 0.5) is 0 Å². The minimum absolute atomic E-state index is 0.280. The van der Waals surface area contributed by atoms with Crippen LogP contribution in [0.3, 0.4) is 0 Å². The van der Waals surface area contributed by atoms with Gasteiger partial charge in [-0.25, -0.2) is 0 Å². The van der Waals surface area contributed by atoms with Crippen LogP contribution in [0.2, 0.25) is 0 Å². The summed E-state index contributed by atoms with van der Waals surface area (Å²) >= 11 is 0. The number of hydrogen-bond acceptors (Lipinski definition) is 2. The van der Waals surface area contributed by atoms with Crippen LogP contribution in [0, 0.1) is 13.8 Å². The normalized spacial score (nSPS) is 12.2. The highest BCUT2D eigenvalue weighted by molar-refractivity contribution is 5.41. The van der Waals surface area contributed by atoms with Gasteiger partial charge in [0, 0.05) is 11.6 Å². The van der Waals surface area contributed by atoms with Crippen molar-refractivity contribution in [2.45, 2.75) is 33.7 Å². The maximum Gasteiger partial charge on any atom is 0.132 e. The average molecular weight is 269 g/mol. The fraction of sp³-hybridized carbons (Fsp3) is 0.333. The molecule has 106 valence electrons. The molecule has 1 N–H and O–H groups in total. The van der Waals surface area contributed by atoms with Crippen LogP contribution < -0.4 is 10.1 Å². The molecule has 0 heterocycles. The van der Waals surface area contributed by atoms with Crippen LogP contribution >= 0.6 is 0 Å². The number of ether oxygens (including phenoxy) is 1. The molecule has 1 atom stereocenters. The van der Waals surface area contributed by atoms with Crippen molar-refractivity contribution < 1.29 is 4.74 Å². The van der Waals surface area contributed by atoms with Crippen molar-refractivity contribution >= 4 is 0 Å². The summed E-state index contributed by atoms with van der Waals surface area (Å²) in [6, 6.07) is 14.7. The van der Waals surface area contributed by atoms with Crippen molar-refractivity contribution in [3.05, 3.63) is 59.2 Å². The Balaban J connectivity index is 2.26. The van der Waals surface area contributed by atoms with E-state index >= 15 is 0 Å². The van der Waals surface area contributed by atoms with Gasteiger partial charge in [-0.2, -0.15) is 0 Å². The van der Waals surface area contributed by atoms with E-state index in [0.717, 1.165) is 18.0 Å². The summed E-state index contributed by atoms with van der Waals surface area (Å²) in [6.07, 6.45) is 0. The Labute approximate surface area is 121 Å². The van der Waals surface area contributed by atoms with E-state index in [1.807, 2.05) is 18.2 Å². The highest BCUT2D eigenvalue weighted by Gasteiger charge is 2.11. The van der Waals surface area contributed by atoms with E-state index in [-0.39, 0.29) is 6.04 Å². The van der Waals surface area contributed by atoms with E-state index in [0.29, 0.717) is 0 Å². The molecule has 0 spiro atoms. The van der Waals surface area contributed by atoms with Crippen molar-refractivity contribution in [3.8, 4) is 11.5 Å². The van der Waals surface area contributed by atoms with Crippen LogP contribution in [0.5, 0.6) is 11.5 Å². The number of para-hydroxylation sites is 1. The number of nitrogens with one attached hydrogen (secondary N) is 1. The van der Waals surface area contributed by atoms with E-state index < -0.39 is 0 Å². The Morgan fingerprint density at radius 1 is 1.05 bits per heavy atom.